The molecule has 0 spiro atoms. The summed E-state index contributed by atoms with van der Waals surface area (Å²) in [5, 5.41) is 11.9. The van der Waals surface area contributed by atoms with Crippen molar-refractivity contribution in [1.29, 1.82) is 0 Å². The number of benzene rings is 1. The van der Waals surface area contributed by atoms with E-state index in [1.807, 2.05) is 4.90 Å². The Labute approximate surface area is 134 Å². The lowest BCUT2D eigenvalue weighted by atomic mass is 10.1. The van der Waals surface area contributed by atoms with Crippen LogP contribution in [0.4, 0.5) is 8.78 Å². The van der Waals surface area contributed by atoms with Gasteiger partial charge in [0.05, 0.1) is 6.54 Å². The topological polar surface area (TPSA) is 61.8 Å². The van der Waals surface area contributed by atoms with Crippen molar-refractivity contribution in [2.45, 2.75) is 19.5 Å². The molecule has 1 fully saturated rings. The zero-order chi connectivity index (χ0) is 16.7. The van der Waals surface area contributed by atoms with Gasteiger partial charge in [-0.15, -0.1) is 0 Å². The molecule has 1 aromatic carbocycles. The van der Waals surface area contributed by atoms with Crippen molar-refractivity contribution >= 4 is 5.91 Å². The summed E-state index contributed by atoms with van der Waals surface area (Å²) in [5.41, 5.74) is 0.938. The van der Waals surface area contributed by atoms with Crippen LogP contribution in [0.25, 0.3) is 0 Å². The molecule has 1 amide bonds. The third kappa shape index (κ3) is 6.11. The molecule has 0 radical (unpaired) electrons. The van der Waals surface area contributed by atoms with Crippen LogP contribution in [0.2, 0.25) is 0 Å². The number of hydrogen-bond acceptors (Lipinski definition) is 4. The molecule has 1 aromatic rings. The quantitative estimate of drug-likeness (QED) is 0.754. The van der Waals surface area contributed by atoms with Crippen LogP contribution in [0, 0.1) is 5.92 Å². The average Bonchev–Trinajstić information content (AvgIpc) is 2.96. The van der Waals surface area contributed by atoms with E-state index in [1.54, 1.807) is 12.1 Å². The highest BCUT2D eigenvalue weighted by Gasteiger charge is 2.22. The number of carbonyl (C=O) groups is 1. The number of ether oxygens (including phenoxy) is 1. The molecule has 0 saturated carbocycles. The second kappa shape index (κ2) is 8.79. The summed E-state index contributed by atoms with van der Waals surface area (Å²) in [6.45, 7) is -0.220. The van der Waals surface area contributed by atoms with Crippen LogP contribution >= 0.6 is 0 Å². The molecule has 0 aliphatic carbocycles. The Kier molecular flexibility index (Phi) is 6.73. The Morgan fingerprint density at radius 3 is 2.74 bits per heavy atom. The SMILES string of the molecule is O=C(CN1CCC(CO)C1)NCCc1ccc(OC(F)F)cc1. The molecule has 23 heavy (non-hydrogen) atoms. The van der Waals surface area contributed by atoms with Gasteiger partial charge in [-0.05, 0) is 43.0 Å². The summed E-state index contributed by atoms with van der Waals surface area (Å²) in [6, 6.07) is 6.39. The third-order valence-electron chi connectivity index (χ3n) is 3.88. The maximum Gasteiger partial charge on any atom is 0.387 e. The maximum absolute atomic E-state index is 12.0. The van der Waals surface area contributed by atoms with Gasteiger partial charge in [0, 0.05) is 19.7 Å². The van der Waals surface area contributed by atoms with Gasteiger partial charge in [0.25, 0.3) is 0 Å². The van der Waals surface area contributed by atoms with Crippen molar-refractivity contribution in [1.82, 2.24) is 10.2 Å². The largest absolute Gasteiger partial charge is 0.435 e. The standard InChI is InChI=1S/C16H22F2N2O3/c17-16(18)23-14-3-1-12(2-4-14)5-7-19-15(22)10-20-8-6-13(9-20)11-21/h1-4,13,16,21H,5-11H2,(H,19,22). The van der Waals surface area contributed by atoms with E-state index in [-0.39, 0.29) is 24.2 Å². The van der Waals surface area contributed by atoms with Gasteiger partial charge in [0.2, 0.25) is 5.91 Å². The normalized spacial score (nSPS) is 18.3. The molecule has 128 valence electrons. The van der Waals surface area contributed by atoms with Gasteiger partial charge < -0.3 is 15.2 Å². The summed E-state index contributed by atoms with van der Waals surface area (Å²) < 4.78 is 28.4. The third-order valence-corrected chi connectivity index (χ3v) is 3.88. The highest BCUT2D eigenvalue weighted by Crippen LogP contribution is 2.15. The summed E-state index contributed by atoms with van der Waals surface area (Å²) in [7, 11) is 0. The average molecular weight is 328 g/mol. The van der Waals surface area contributed by atoms with Crippen LogP contribution in [0.15, 0.2) is 24.3 Å². The molecule has 1 aliphatic heterocycles. The first-order valence-corrected chi connectivity index (χ1v) is 7.70. The van der Waals surface area contributed by atoms with E-state index in [4.69, 9.17) is 5.11 Å². The van der Waals surface area contributed by atoms with E-state index in [1.165, 1.54) is 12.1 Å². The van der Waals surface area contributed by atoms with Gasteiger partial charge >= 0.3 is 6.61 Å². The van der Waals surface area contributed by atoms with Crippen LogP contribution in [-0.4, -0.2) is 55.3 Å². The molecular formula is C16H22F2N2O3. The van der Waals surface area contributed by atoms with E-state index >= 15 is 0 Å². The number of amides is 1. The van der Waals surface area contributed by atoms with Crippen molar-refractivity contribution in [2.75, 3.05) is 32.8 Å². The number of nitrogens with zero attached hydrogens (tertiary/aromatic N) is 1. The minimum Gasteiger partial charge on any atom is -0.435 e. The van der Waals surface area contributed by atoms with E-state index < -0.39 is 6.61 Å². The minimum atomic E-state index is -2.82. The van der Waals surface area contributed by atoms with Gasteiger partial charge in [-0.3, -0.25) is 9.69 Å². The Morgan fingerprint density at radius 2 is 2.13 bits per heavy atom. The van der Waals surface area contributed by atoms with Crippen LogP contribution < -0.4 is 10.1 Å². The van der Waals surface area contributed by atoms with Crippen molar-refractivity contribution < 1.29 is 23.4 Å². The van der Waals surface area contributed by atoms with Crippen LogP contribution in [-0.2, 0) is 11.2 Å². The smallest absolute Gasteiger partial charge is 0.387 e. The van der Waals surface area contributed by atoms with Gasteiger partial charge in [-0.2, -0.15) is 8.78 Å². The lowest BCUT2D eigenvalue weighted by molar-refractivity contribution is -0.122. The zero-order valence-corrected chi connectivity index (χ0v) is 12.9. The Hall–Kier alpha value is -1.73. The number of aliphatic hydroxyl groups is 1. The van der Waals surface area contributed by atoms with Crippen LogP contribution in [0.5, 0.6) is 5.75 Å². The van der Waals surface area contributed by atoms with Crippen molar-refractivity contribution in [3.05, 3.63) is 29.8 Å². The second-order valence-electron chi connectivity index (χ2n) is 5.69. The zero-order valence-electron chi connectivity index (χ0n) is 12.9. The van der Waals surface area contributed by atoms with Gasteiger partial charge in [0.15, 0.2) is 0 Å². The van der Waals surface area contributed by atoms with Crippen LogP contribution in [0.1, 0.15) is 12.0 Å². The van der Waals surface area contributed by atoms with E-state index in [0.717, 1.165) is 25.1 Å². The lowest BCUT2D eigenvalue weighted by Gasteiger charge is -2.15. The predicted octanol–water partition coefficient (Wildman–Crippen LogP) is 1.26. The van der Waals surface area contributed by atoms with E-state index in [9.17, 15) is 13.6 Å². The summed E-state index contributed by atoms with van der Waals surface area (Å²) in [5.74, 6) is 0.360. The molecule has 5 nitrogen and oxygen atoms in total. The van der Waals surface area contributed by atoms with Gasteiger partial charge in [-0.1, -0.05) is 12.1 Å². The fourth-order valence-corrected chi connectivity index (χ4v) is 2.65. The number of aliphatic hydroxyl groups excluding tert-OH is 1. The van der Waals surface area contributed by atoms with E-state index in [2.05, 4.69) is 10.1 Å². The molecule has 2 rings (SSSR count). The number of halogens is 2. The van der Waals surface area contributed by atoms with E-state index in [0.29, 0.717) is 19.5 Å². The maximum atomic E-state index is 12.0. The fourth-order valence-electron chi connectivity index (χ4n) is 2.65. The lowest BCUT2D eigenvalue weighted by Crippen LogP contribution is -2.37. The van der Waals surface area contributed by atoms with Crippen molar-refractivity contribution in [3.63, 3.8) is 0 Å². The molecule has 7 heteroatoms. The first kappa shape index (κ1) is 17.6. The highest BCUT2D eigenvalue weighted by atomic mass is 19.3. The number of alkyl halides is 2. The molecule has 1 unspecified atom stereocenters. The summed E-state index contributed by atoms with van der Waals surface area (Å²) >= 11 is 0. The first-order chi connectivity index (χ1) is 11.1. The Morgan fingerprint density at radius 1 is 1.39 bits per heavy atom. The molecular weight excluding hydrogens is 306 g/mol. The number of likely N-dealkylation sites (tertiary alicyclic amines) is 1. The minimum absolute atomic E-state index is 0.0405. The molecule has 1 aliphatic rings. The molecule has 1 atom stereocenters. The number of rotatable bonds is 8. The monoisotopic (exact) mass is 328 g/mol. The van der Waals surface area contributed by atoms with Crippen molar-refractivity contribution in [2.24, 2.45) is 5.92 Å². The van der Waals surface area contributed by atoms with Gasteiger partial charge in [-0.25, -0.2) is 0 Å². The molecule has 1 heterocycles. The first-order valence-electron chi connectivity index (χ1n) is 7.70. The van der Waals surface area contributed by atoms with Gasteiger partial charge in [0.1, 0.15) is 5.75 Å². The molecule has 0 aromatic heterocycles. The number of nitrogens with one attached hydrogen (secondary N) is 1. The van der Waals surface area contributed by atoms with Crippen molar-refractivity contribution in [3.8, 4) is 5.75 Å². The summed E-state index contributed by atoms with van der Waals surface area (Å²) in [6.07, 6.45) is 1.55. The predicted molar refractivity (Wildman–Crippen MR) is 81.4 cm³/mol. The molecule has 2 N–H and O–H groups in total. The molecule has 0 bridgehead atoms. The second-order valence-corrected chi connectivity index (χ2v) is 5.69. The summed E-state index contributed by atoms with van der Waals surface area (Å²) in [4.78, 5) is 13.9. The Bertz CT molecular complexity index is 497. The molecule has 1 saturated heterocycles. The van der Waals surface area contributed by atoms with Crippen LogP contribution in [0.3, 0.4) is 0 Å². The fraction of sp³-hybridized carbons (Fsp3) is 0.562. The number of hydrogen-bond donors (Lipinski definition) is 2. The Balaban J connectivity index is 1.65. The highest BCUT2D eigenvalue weighted by molar-refractivity contribution is 5.78. The number of carbonyl (C=O) groups excluding carboxylic acids is 1.